The van der Waals surface area contributed by atoms with E-state index in [4.69, 9.17) is 15.2 Å². The van der Waals surface area contributed by atoms with Crippen LogP contribution in [0.5, 0.6) is 0 Å². The van der Waals surface area contributed by atoms with Crippen molar-refractivity contribution in [1.29, 1.82) is 0 Å². The van der Waals surface area contributed by atoms with Gasteiger partial charge in [0.05, 0.1) is 12.2 Å². The lowest BCUT2D eigenvalue weighted by molar-refractivity contribution is -0.122. The van der Waals surface area contributed by atoms with E-state index in [1.807, 2.05) is 0 Å². The molecule has 6 heteroatoms. The third-order valence-corrected chi connectivity index (χ3v) is 4.00. The van der Waals surface area contributed by atoms with E-state index in [-0.39, 0.29) is 24.2 Å². The molecule has 1 aliphatic heterocycles. The molecule has 1 heterocycles. The van der Waals surface area contributed by atoms with E-state index in [0.717, 1.165) is 25.9 Å². The van der Waals surface area contributed by atoms with Crippen molar-refractivity contribution >= 4 is 5.91 Å². The standard InChI is InChI=1S/C13H25N3O3/c1-18-11-7-16(8-12(11)19-2)10(6-14)5-13(17)15-9-3-4-9/h9-12H,3-8,14H2,1-2H3,(H,15,17). The second-order valence-electron chi connectivity index (χ2n) is 5.44. The summed E-state index contributed by atoms with van der Waals surface area (Å²) < 4.78 is 10.8. The molecule has 3 atom stereocenters. The van der Waals surface area contributed by atoms with E-state index < -0.39 is 0 Å². The topological polar surface area (TPSA) is 76.8 Å². The molecule has 3 N–H and O–H groups in total. The monoisotopic (exact) mass is 271 g/mol. The van der Waals surface area contributed by atoms with E-state index in [1.54, 1.807) is 14.2 Å². The Morgan fingerprint density at radius 1 is 1.32 bits per heavy atom. The molecule has 1 amide bonds. The number of likely N-dealkylation sites (tertiary alicyclic amines) is 1. The molecule has 1 saturated heterocycles. The second kappa shape index (κ2) is 6.65. The normalized spacial score (nSPS) is 29.4. The van der Waals surface area contributed by atoms with Crippen LogP contribution in [0.25, 0.3) is 0 Å². The Morgan fingerprint density at radius 3 is 2.32 bits per heavy atom. The predicted molar refractivity (Wildman–Crippen MR) is 71.8 cm³/mol. The third-order valence-electron chi connectivity index (χ3n) is 4.00. The number of carbonyl (C=O) groups is 1. The first-order valence-corrected chi connectivity index (χ1v) is 6.97. The summed E-state index contributed by atoms with van der Waals surface area (Å²) in [5.41, 5.74) is 5.82. The first kappa shape index (κ1) is 14.7. The largest absolute Gasteiger partial charge is 0.377 e. The second-order valence-corrected chi connectivity index (χ2v) is 5.44. The molecule has 2 aliphatic rings. The molecular weight excluding hydrogens is 246 g/mol. The fourth-order valence-corrected chi connectivity index (χ4v) is 2.61. The highest BCUT2D eigenvalue weighted by Gasteiger charge is 2.37. The van der Waals surface area contributed by atoms with E-state index >= 15 is 0 Å². The van der Waals surface area contributed by atoms with Gasteiger partial charge in [-0.3, -0.25) is 9.69 Å². The van der Waals surface area contributed by atoms with Crippen molar-refractivity contribution in [3.8, 4) is 0 Å². The summed E-state index contributed by atoms with van der Waals surface area (Å²) in [5.74, 6) is 0.104. The van der Waals surface area contributed by atoms with E-state index in [9.17, 15) is 4.79 Å². The number of hydrogen-bond acceptors (Lipinski definition) is 5. The number of nitrogens with one attached hydrogen (secondary N) is 1. The summed E-state index contributed by atoms with van der Waals surface area (Å²) in [6, 6.07) is 0.472. The lowest BCUT2D eigenvalue weighted by Gasteiger charge is -2.25. The van der Waals surface area contributed by atoms with Crippen molar-refractivity contribution in [3.63, 3.8) is 0 Å². The summed E-state index contributed by atoms with van der Waals surface area (Å²) in [6.07, 6.45) is 2.80. The molecule has 0 aromatic heterocycles. The number of ether oxygens (including phenoxy) is 2. The van der Waals surface area contributed by atoms with E-state index in [1.165, 1.54) is 0 Å². The highest BCUT2D eigenvalue weighted by Crippen LogP contribution is 2.21. The Hall–Kier alpha value is -0.690. The van der Waals surface area contributed by atoms with Gasteiger partial charge in [-0.1, -0.05) is 0 Å². The average molecular weight is 271 g/mol. The van der Waals surface area contributed by atoms with E-state index in [2.05, 4.69) is 10.2 Å². The minimum Gasteiger partial charge on any atom is -0.377 e. The number of hydrogen-bond donors (Lipinski definition) is 2. The van der Waals surface area contributed by atoms with Crippen LogP contribution in [0.4, 0.5) is 0 Å². The molecule has 2 rings (SSSR count). The quantitative estimate of drug-likeness (QED) is 0.642. The summed E-state index contributed by atoms with van der Waals surface area (Å²) in [4.78, 5) is 14.1. The number of nitrogens with two attached hydrogens (primary N) is 1. The van der Waals surface area contributed by atoms with Gasteiger partial charge in [-0.25, -0.2) is 0 Å². The first-order valence-electron chi connectivity index (χ1n) is 6.97. The number of methoxy groups -OCH3 is 2. The zero-order valence-corrected chi connectivity index (χ0v) is 11.8. The number of amides is 1. The molecule has 3 unspecified atom stereocenters. The van der Waals surface area contributed by atoms with E-state index in [0.29, 0.717) is 19.0 Å². The molecule has 2 fully saturated rings. The molecular formula is C13H25N3O3. The lowest BCUT2D eigenvalue weighted by atomic mass is 10.1. The van der Waals surface area contributed by atoms with Crippen LogP contribution in [0, 0.1) is 0 Å². The Bertz CT molecular complexity index is 298. The number of rotatable bonds is 7. The average Bonchev–Trinajstić information content (AvgIpc) is 3.11. The van der Waals surface area contributed by atoms with Gasteiger partial charge >= 0.3 is 0 Å². The van der Waals surface area contributed by atoms with Gasteiger partial charge in [0.25, 0.3) is 0 Å². The molecule has 1 saturated carbocycles. The highest BCUT2D eigenvalue weighted by molar-refractivity contribution is 5.77. The minimum atomic E-state index is 0.0607. The van der Waals surface area contributed by atoms with Gasteiger partial charge in [0.1, 0.15) is 0 Å². The van der Waals surface area contributed by atoms with Crippen LogP contribution in [0.1, 0.15) is 19.3 Å². The van der Waals surface area contributed by atoms with Crippen molar-refractivity contribution in [2.45, 2.75) is 43.6 Å². The molecule has 0 aromatic carbocycles. The fraction of sp³-hybridized carbons (Fsp3) is 0.923. The molecule has 19 heavy (non-hydrogen) atoms. The van der Waals surface area contributed by atoms with Gasteiger partial charge in [0.2, 0.25) is 5.91 Å². The maximum absolute atomic E-state index is 11.9. The van der Waals surface area contributed by atoms with Gasteiger partial charge in [-0.05, 0) is 12.8 Å². The molecule has 1 aliphatic carbocycles. The Balaban J connectivity index is 1.84. The maximum atomic E-state index is 11.9. The maximum Gasteiger partial charge on any atom is 0.221 e. The first-order chi connectivity index (χ1) is 9.17. The lowest BCUT2D eigenvalue weighted by Crippen LogP contribution is -2.43. The minimum absolute atomic E-state index is 0.0607. The summed E-state index contributed by atoms with van der Waals surface area (Å²) in [7, 11) is 3.38. The van der Waals surface area contributed by atoms with Gasteiger partial charge in [0, 0.05) is 52.4 Å². The van der Waals surface area contributed by atoms with Gasteiger partial charge < -0.3 is 20.5 Å². The SMILES string of the molecule is COC1CN(C(CN)CC(=O)NC2CC2)CC1OC. The zero-order valence-electron chi connectivity index (χ0n) is 11.8. The van der Waals surface area contributed by atoms with Crippen LogP contribution in [0.15, 0.2) is 0 Å². The van der Waals surface area contributed by atoms with Crippen LogP contribution in [0.3, 0.4) is 0 Å². The third kappa shape index (κ3) is 3.89. The van der Waals surface area contributed by atoms with Crippen molar-refractivity contribution in [1.82, 2.24) is 10.2 Å². The predicted octanol–water partition coefficient (Wildman–Crippen LogP) is -0.672. The van der Waals surface area contributed by atoms with Crippen LogP contribution in [0.2, 0.25) is 0 Å². The van der Waals surface area contributed by atoms with Crippen LogP contribution < -0.4 is 11.1 Å². The molecule has 0 aromatic rings. The smallest absolute Gasteiger partial charge is 0.221 e. The molecule has 0 spiro atoms. The van der Waals surface area contributed by atoms with Crippen LogP contribution >= 0.6 is 0 Å². The number of carbonyl (C=O) groups excluding carboxylic acids is 1. The summed E-state index contributed by atoms with van der Waals surface area (Å²) in [6.45, 7) is 2.02. The van der Waals surface area contributed by atoms with Gasteiger partial charge in [-0.15, -0.1) is 0 Å². The van der Waals surface area contributed by atoms with Gasteiger partial charge in [-0.2, -0.15) is 0 Å². The Morgan fingerprint density at radius 2 is 1.89 bits per heavy atom. The summed E-state index contributed by atoms with van der Waals surface area (Å²) >= 11 is 0. The van der Waals surface area contributed by atoms with Crippen molar-refractivity contribution in [2.24, 2.45) is 5.73 Å². The molecule has 6 nitrogen and oxygen atoms in total. The van der Waals surface area contributed by atoms with Crippen molar-refractivity contribution < 1.29 is 14.3 Å². The fourth-order valence-electron chi connectivity index (χ4n) is 2.61. The zero-order chi connectivity index (χ0) is 13.8. The molecule has 0 radical (unpaired) electrons. The number of nitrogens with zero attached hydrogens (tertiary/aromatic N) is 1. The van der Waals surface area contributed by atoms with Crippen molar-refractivity contribution in [3.05, 3.63) is 0 Å². The van der Waals surface area contributed by atoms with Crippen LogP contribution in [-0.2, 0) is 14.3 Å². The molecule has 110 valence electrons. The Labute approximate surface area is 114 Å². The van der Waals surface area contributed by atoms with Crippen molar-refractivity contribution in [2.75, 3.05) is 33.9 Å². The van der Waals surface area contributed by atoms with Gasteiger partial charge in [0.15, 0.2) is 0 Å². The molecule has 0 bridgehead atoms. The summed E-state index contributed by atoms with van der Waals surface area (Å²) in [5, 5.41) is 3.01. The highest BCUT2D eigenvalue weighted by atomic mass is 16.5. The Kier molecular flexibility index (Phi) is 5.15. The van der Waals surface area contributed by atoms with Crippen LogP contribution in [-0.4, -0.2) is 69.0 Å².